The predicted octanol–water partition coefficient (Wildman–Crippen LogP) is 4.61. The molecule has 1 amide bonds. The van der Waals surface area contributed by atoms with Crippen molar-refractivity contribution in [3.05, 3.63) is 55.9 Å². The van der Waals surface area contributed by atoms with E-state index in [9.17, 15) is 9.90 Å². The lowest BCUT2D eigenvalue weighted by Crippen LogP contribution is -2.19. The van der Waals surface area contributed by atoms with Crippen molar-refractivity contribution in [3.8, 4) is 17.1 Å². The van der Waals surface area contributed by atoms with Crippen molar-refractivity contribution in [1.82, 2.24) is 20.2 Å². The molecule has 1 heterocycles. The minimum absolute atomic E-state index is 0.101. The molecule has 11 heteroatoms. The number of hydrogen-bond acceptors (Lipinski definition) is 6. The molecular weight excluding hydrogens is 546 g/mol. The monoisotopic (exact) mass is 557 g/mol. The second kappa shape index (κ2) is 9.75. The van der Waals surface area contributed by atoms with Crippen LogP contribution >= 0.6 is 55.2 Å². The van der Waals surface area contributed by atoms with Gasteiger partial charge >= 0.3 is 0 Å². The minimum atomic E-state index is -0.279. The van der Waals surface area contributed by atoms with Gasteiger partial charge in [0.15, 0.2) is 11.0 Å². The number of phenols is 1. The van der Waals surface area contributed by atoms with Gasteiger partial charge in [0.05, 0.1) is 20.9 Å². The molecular formula is C18H14Br2ClN5O2S. The molecule has 0 bridgehead atoms. The number of hydrogen-bond donors (Lipinski definition) is 2. The van der Waals surface area contributed by atoms with E-state index in [1.54, 1.807) is 24.3 Å². The van der Waals surface area contributed by atoms with E-state index in [1.165, 1.54) is 18.0 Å². The molecule has 0 radical (unpaired) electrons. The Hall–Kier alpha value is -1.88. The average molecular weight is 560 g/mol. The Morgan fingerprint density at radius 3 is 2.59 bits per heavy atom. The first kappa shape index (κ1) is 21.8. The van der Waals surface area contributed by atoms with E-state index in [-0.39, 0.29) is 17.4 Å². The first-order valence-corrected chi connectivity index (χ1v) is 11.1. The number of carbonyl (C=O) groups is 1. The van der Waals surface area contributed by atoms with Gasteiger partial charge in [-0.05, 0) is 73.8 Å². The van der Waals surface area contributed by atoms with E-state index in [0.717, 1.165) is 5.56 Å². The van der Waals surface area contributed by atoms with Crippen LogP contribution in [0.2, 0.25) is 5.02 Å². The van der Waals surface area contributed by atoms with E-state index in [0.29, 0.717) is 30.5 Å². The van der Waals surface area contributed by atoms with E-state index >= 15 is 0 Å². The van der Waals surface area contributed by atoms with Crippen molar-refractivity contribution in [2.75, 3.05) is 5.75 Å². The standard InChI is InChI=1S/C18H14Br2ClN5O2S/c1-26-17(11-2-4-12(21)5-3-11)24-25-18(26)29-9-15(27)23-22-8-10-6-13(19)16(28)14(20)7-10/h2-8,28H,9H2,1H3,(H,23,27)/b22-8+. The molecule has 0 aliphatic rings. The summed E-state index contributed by atoms with van der Waals surface area (Å²) in [5.74, 6) is 0.641. The third-order valence-corrected chi connectivity index (χ3v) is 6.19. The molecule has 0 atom stereocenters. The van der Waals surface area contributed by atoms with Crippen LogP contribution in [-0.2, 0) is 11.8 Å². The summed E-state index contributed by atoms with van der Waals surface area (Å²) in [5, 5.41) is 23.2. The van der Waals surface area contributed by atoms with Crippen LogP contribution in [0.1, 0.15) is 5.56 Å². The van der Waals surface area contributed by atoms with Crippen LogP contribution in [0.15, 0.2) is 55.6 Å². The van der Waals surface area contributed by atoms with Gasteiger partial charge in [0.2, 0.25) is 0 Å². The Balaban J connectivity index is 1.56. The smallest absolute Gasteiger partial charge is 0.250 e. The van der Waals surface area contributed by atoms with Gasteiger partial charge in [-0.2, -0.15) is 5.10 Å². The number of halogens is 3. The molecule has 0 saturated carbocycles. The highest BCUT2D eigenvalue weighted by Gasteiger charge is 2.13. The summed E-state index contributed by atoms with van der Waals surface area (Å²) in [7, 11) is 1.84. The summed E-state index contributed by atoms with van der Waals surface area (Å²) in [5.41, 5.74) is 4.05. The molecule has 29 heavy (non-hydrogen) atoms. The van der Waals surface area contributed by atoms with Crippen LogP contribution in [0.25, 0.3) is 11.4 Å². The first-order chi connectivity index (χ1) is 13.8. The lowest BCUT2D eigenvalue weighted by atomic mass is 10.2. The zero-order chi connectivity index (χ0) is 21.0. The van der Waals surface area contributed by atoms with Gasteiger partial charge in [-0.1, -0.05) is 23.4 Å². The molecule has 2 aromatic carbocycles. The van der Waals surface area contributed by atoms with E-state index < -0.39 is 0 Å². The van der Waals surface area contributed by atoms with Crippen LogP contribution < -0.4 is 5.43 Å². The van der Waals surface area contributed by atoms with Crippen molar-refractivity contribution in [1.29, 1.82) is 0 Å². The number of rotatable bonds is 6. The van der Waals surface area contributed by atoms with Crippen LogP contribution in [-0.4, -0.2) is 37.7 Å². The summed E-state index contributed by atoms with van der Waals surface area (Å²) in [6.07, 6.45) is 1.48. The van der Waals surface area contributed by atoms with Crippen molar-refractivity contribution >= 4 is 67.3 Å². The Morgan fingerprint density at radius 1 is 1.28 bits per heavy atom. The maximum Gasteiger partial charge on any atom is 0.250 e. The summed E-state index contributed by atoms with van der Waals surface area (Å²) < 4.78 is 2.86. The fraction of sp³-hybridized carbons (Fsp3) is 0.111. The fourth-order valence-corrected chi connectivity index (χ4v) is 4.34. The van der Waals surface area contributed by atoms with E-state index in [1.807, 2.05) is 23.7 Å². The van der Waals surface area contributed by atoms with Crippen molar-refractivity contribution in [2.24, 2.45) is 12.1 Å². The summed E-state index contributed by atoms with van der Waals surface area (Å²) in [6.45, 7) is 0. The Bertz CT molecular complexity index is 1050. The zero-order valence-corrected chi connectivity index (χ0v) is 19.7. The fourth-order valence-electron chi connectivity index (χ4n) is 2.29. The third kappa shape index (κ3) is 5.59. The number of amides is 1. The summed E-state index contributed by atoms with van der Waals surface area (Å²) >= 11 is 13.7. The van der Waals surface area contributed by atoms with Crippen LogP contribution in [0.4, 0.5) is 0 Å². The Kier molecular flexibility index (Phi) is 7.33. The number of thioether (sulfide) groups is 1. The molecule has 0 unspecified atom stereocenters. The van der Waals surface area contributed by atoms with Crippen LogP contribution in [0, 0.1) is 0 Å². The average Bonchev–Trinajstić information content (AvgIpc) is 3.05. The molecule has 7 nitrogen and oxygen atoms in total. The number of nitrogens with one attached hydrogen (secondary N) is 1. The van der Waals surface area contributed by atoms with Crippen molar-refractivity contribution in [3.63, 3.8) is 0 Å². The molecule has 0 fully saturated rings. The number of phenolic OH excluding ortho intramolecular Hbond substituents is 1. The van der Waals surface area contributed by atoms with Gasteiger partial charge in [0, 0.05) is 17.6 Å². The zero-order valence-electron chi connectivity index (χ0n) is 14.9. The number of nitrogens with zero attached hydrogens (tertiary/aromatic N) is 4. The molecule has 3 aromatic rings. The van der Waals surface area contributed by atoms with Gasteiger partial charge in [0.1, 0.15) is 5.75 Å². The summed E-state index contributed by atoms with van der Waals surface area (Å²) in [6, 6.07) is 10.7. The van der Waals surface area contributed by atoms with Gasteiger partial charge < -0.3 is 9.67 Å². The van der Waals surface area contributed by atoms with E-state index in [4.69, 9.17) is 11.6 Å². The number of carbonyl (C=O) groups excluding carboxylic acids is 1. The molecule has 2 N–H and O–H groups in total. The first-order valence-electron chi connectivity index (χ1n) is 8.13. The second-order valence-corrected chi connectivity index (χ2v) is 8.87. The molecule has 0 aliphatic heterocycles. The number of hydrazone groups is 1. The van der Waals surface area contributed by atoms with Crippen molar-refractivity contribution < 1.29 is 9.90 Å². The molecule has 0 spiro atoms. The molecule has 1 aromatic heterocycles. The number of aromatic hydroxyl groups is 1. The van der Waals surface area contributed by atoms with Gasteiger partial charge in [-0.25, -0.2) is 5.43 Å². The maximum absolute atomic E-state index is 12.0. The second-order valence-electron chi connectivity index (χ2n) is 5.79. The molecule has 0 saturated heterocycles. The van der Waals surface area contributed by atoms with Crippen LogP contribution in [0.5, 0.6) is 5.75 Å². The predicted molar refractivity (Wildman–Crippen MR) is 121 cm³/mol. The van der Waals surface area contributed by atoms with Gasteiger partial charge in [-0.3, -0.25) is 4.79 Å². The molecule has 3 rings (SSSR count). The Morgan fingerprint density at radius 2 is 1.93 bits per heavy atom. The van der Waals surface area contributed by atoms with Crippen molar-refractivity contribution in [2.45, 2.75) is 5.16 Å². The quantitative estimate of drug-likeness (QED) is 0.262. The normalized spacial score (nSPS) is 11.2. The number of benzene rings is 2. The third-order valence-electron chi connectivity index (χ3n) is 3.71. The highest BCUT2D eigenvalue weighted by atomic mass is 79.9. The summed E-state index contributed by atoms with van der Waals surface area (Å²) in [4.78, 5) is 12.0. The van der Waals surface area contributed by atoms with Gasteiger partial charge in [0.25, 0.3) is 5.91 Å². The Labute approximate surface area is 192 Å². The van der Waals surface area contributed by atoms with Crippen LogP contribution in [0.3, 0.4) is 0 Å². The molecule has 0 aliphatic carbocycles. The minimum Gasteiger partial charge on any atom is -0.506 e. The SMILES string of the molecule is Cn1c(SCC(=O)N/N=C/c2cc(Br)c(O)c(Br)c2)nnc1-c1ccc(Cl)cc1. The highest BCUT2D eigenvalue weighted by Crippen LogP contribution is 2.32. The maximum atomic E-state index is 12.0. The molecule has 150 valence electrons. The topological polar surface area (TPSA) is 92.4 Å². The highest BCUT2D eigenvalue weighted by molar-refractivity contribution is 9.11. The van der Waals surface area contributed by atoms with E-state index in [2.05, 4.69) is 52.6 Å². The lowest BCUT2D eigenvalue weighted by Gasteiger charge is -2.04. The largest absolute Gasteiger partial charge is 0.506 e. The number of aromatic nitrogens is 3. The lowest BCUT2D eigenvalue weighted by molar-refractivity contribution is -0.118. The van der Waals surface area contributed by atoms with Gasteiger partial charge in [-0.15, -0.1) is 10.2 Å².